The van der Waals surface area contributed by atoms with Gasteiger partial charge in [0.1, 0.15) is 23.0 Å². The molecule has 2 N–H and O–H groups in total. The maximum atomic E-state index is 14.2. The van der Waals surface area contributed by atoms with Crippen LogP contribution >= 0.6 is 0 Å². The minimum Gasteiger partial charge on any atom is -0.507 e. The van der Waals surface area contributed by atoms with Gasteiger partial charge in [0.15, 0.2) is 0 Å². The van der Waals surface area contributed by atoms with Crippen molar-refractivity contribution in [2.75, 3.05) is 0 Å². The van der Waals surface area contributed by atoms with E-state index in [1.165, 1.54) is 6.07 Å². The number of rotatable bonds is 8. The molecule has 0 unspecified atom stereocenters. The molecule has 0 fully saturated rings. The first kappa shape index (κ1) is 45.7. The Morgan fingerprint density at radius 1 is 0.433 bits per heavy atom. The van der Waals surface area contributed by atoms with E-state index in [1.807, 2.05) is 76.2 Å². The summed E-state index contributed by atoms with van der Waals surface area (Å²) in [5.41, 5.74) is 9.70. The second-order valence-electron chi connectivity index (χ2n) is 21.0. The highest BCUT2D eigenvalue weighted by atomic mass is 16.5. The molecule has 318 valence electrons. The van der Waals surface area contributed by atoms with Gasteiger partial charge in [-0.2, -0.15) is 0 Å². The molecule has 0 saturated heterocycles. The van der Waals surface area contributed by atoms with Crippen molar-refractivity contribution in [2.45, 2.75) is 145 Å². The van der Waals surface area contributed by atoms with Crippen molar-refractivity contribution in [3.05, 3.63) is 151 Å². The molecule has 5 rings (SSSR count). The molecular formula is C54H66O6. The molecule has 60 heavy (non-hydrogen) atoms. The van der Waals surface area contributed by atoms with Crippen molar-refractivity contribution in [3.8, 4) is 23.0 Å². The minimum absolute atomic E-state index is 0.198. The number of hydrogen-bond donors (Lipinski definition) is 2. The number of hydrogen-bond acceptors (Lipinski definition) is 6. The highest BCUT2D eigenvalue weighted by Gasteiger charge is 2.29. The van der Waals surface area contributed by atoms with E-state index in [9.17, 15) is 19.8 Å². The number of phenolic OH excluding ortho intramolecular Hbond substituents is 2. The Labute approximate surface area is 359 Å². The van der Waals surface area contributed by atoms with Gasteiger partial charge in [-0.05, 0) is 89.8 Å². The van der Waals surface area contributed by atoms with Gasteiger partial charge in [-0.25, -0.2) is 9.59 Å². The van der Waals surface area contributed by atoms with E-state index in [0.29, 0.717) is 24.3 Å². The first-order valence-electron chi connectivity index (χ1n) is 21.0. The molecule has 0 atom stereocenters. The molecular weight excluding hydrogens is 745 g/mol. The standard InChI is InChI=1S/C54H66O6/c1-31-20-37(45(55)41(24-31)51(5,6)7)29-39-22-33(3)26-43(53(11,12)13)47(39)59-49(57)35-18-17-19-36(28-35)50(58)60-48-40(23-34(4)27-44(48)54(14,15)16)30-38-21-32(2)25-42(46(38)56)52(8,9)10/h17-28,55-56H,29-30H2,1-16H3. The third kappa shape index (κ3) is 10.3. The Morgan fingerprint density at radius 3 is 1.02 bits per heavy atom. The predicted molar refractivity (Wildman–Crippen MR) is 245 cm³/mol. The summed E-state index contributed by atoms with van der Waals surface area (Å²) in [5.74, 6) is 0.147. The summed E-state index contributed by atoms with van der Waals surface area (Å²) in [6.07, 6.45) is 0.701. The lowest BCUT2D eigenvalue weighted by Crippen LogP contribution is -2.20. The molecule has 5 aromatic carbocycles. The number of carbonyl (C=O) groups excluding carboxylic acids is 2. The Hall–Kier alpha value is -5.36. The van der Waals surface area contributed by atoms with Crippen LogP contribution in [0.3, 0.4) is 0 Å². The smallest absolute Gasteiger partial charge is 0.343 e. The Bertz CT molecular complexity index is 2290. The third-order valence-electron chi connectivity index (χ3n) is 11.0. The van der Waals surface area contributed by atoms with Gasteiger partial charge in [-0.15, -0.1) is 0 Å². The summed E-state index contributed by atoms with van der Waals surface area (Å²) < 4.78 is 12.7. The van der Waals surface area contributed by atoms with Gasteiger partial charge in [0.25, 0.3) is 0 Å². The molecule has 5 aromatic rings. The fraction of sp³-hybridized carbons (Fsp3) is 0.407. The lowest BCUT2D eigenvalue weighted by molar-refractivity contribution is 0.0730. The van der Waals surface area contributed by atoms with Gasteiger partial charge in [0, 0.05) is 35.1 Å². The van der Waals surface area contributed by atoms with Crippen LogP contribution in [0.1, 0.15) is 171 Å². The monoisotopic (exact) mass is 810 g/mol. The number of aryl methyl sites for hydroxylation is 4. The SMILES string of the molecule is Cc1cc(Cc2cc(C)cc(C(C)(C)C)c2OC(=O)c2cccc(C(=O)Oc3c(Cc4cc(C)cc(C(C)(C)C)c4O)cc(C)cc3C(C)(C)C)c2)c(O)c(C(C)(C)C)c1. The zero-order valence-corrected chi connectivity index (χ0v) is 38.9. The fourth-order valence-electron chi connectivity index (χ4n) is 7.92. The molecule has 0 amide bonds. The van der Waals surface area contributed by atoms with Crippen LogP contribution in [0.4, 0.5) is 0 Å². The predicted octanol–water partition coefficient (Wildman–Crippen LogP) is 13.1. The number of aromatic hydroxyl groups is 2. The van der Waals surface area contributed by atoms with Crippen LogP contribution in [0.5, 0.6) is 23.0 Å². The molecule has 0 aromatic heterocycles. The van der Waals surface area contributed by atoms with E-state index in [2.05, 4.69) is 83.1 Å². The van der Waals surface area contributed by atoms with Crippen molar-refractivity contribution >= 4 is 11.9 Å². The molecule has 0 aliphatic carbocycles. The first-order valence-corrected chi connectivity index (χ1v) is 21.0. The van der Waals surface area contributed by atoms with Crippen LogP contribution in [0, 0.1) is 27.7 Å². The number of carbonyl (C=O) groups is 2. The van der Waals surface area contributed by atoms with Crippen LogP contribution in [-0.4, -0.2) is 22.2 Å². The summed E-state index contributed by atoms with van der Waals surface area (Å²) in [4.78, 5) is 28.4. The van der Waals surface area contributed by atoms with Crippen LogP contribution in [-0.2, 0) is 34.5 Å². The van der Waals surface area contributed by atoms with E-state index in [-0.39, 0.29) is 44.3 Å². The molecule has 0 aliphatic heterocycles. The molecule has 0 spiro atoms. The van der Waals surface area contributed by atoms with E-state index in [4.69, 9.17) is 9.47 Å². The van der Waals surface area contributed by atoms with Crippen molar-refractivity contribution in [1.82, 2.24) is 0 Å². The zero-order chi connectivity index (χ0) is 44.9. The molecule has 0 saturated carbocycles. The summed E-state index contributed by atoms with van der Waals surface area (Å²) in [6.45, 7) is 33.0. The summed E-state index contributed by atoms with van der Waals surface area (Å²) in [6, 6.07) is 22.6. The number of esters is 2. The summed E-state index contributed by atoms with van der Waals surface area (Å²) in [7, 11) is 0. The first-order chi connectivity index (χ1) is 27.5. The average Bonchev–Trinajstić information content (AvgIpc) is 3.11. The molecule has 0 heterocycles. The lowest BCUT2D eigenvalue weighted by Gasteiger charge is -2.26. The summed E-state index contributed by atoms with van der Waals surface area (Å²) >= 11 is 0. The summed E-state index contributed by atoms with van der Waals surface area (Å²) in [5, 5.41) is 23.0. The van der Waals surface area contributed by atoms with E-state index >= 15 is 0 Å². The van der Waals surface area contributed by atoms with Crippen molar-refractivity contribution < 1.29 is 29.3 Å². The minimum atomic E-state index is -0.611. The lowest BCUT2D eigenvalue weighted by atomic mass is 9.81. The largest absolute Gasteiger partial charge is 0.507 e. The van der Waals surface area contributed by atoms with Crippen LogP contribution in [0.25, 0.3) is 0 Å². The maximum Gasteiger partial charge on any atom is 0.343 e. The molecule has 0 aliphatic rings. The quantitative estimate of drug-likeness (QED) is 0.120. The molecule has 6 nitrogen and oxygen atoms in total. The van der Waals surface area contributed by atoms with Crippen molar-refractivity contribution in [3.63, 3.8) is 0 Å². The highest BCUT2D eigenvalue weighted by Crippen LogP contribution is 2.42. The maximum absolute atomic E-state index is 14.2. The van der Waals surface area contributed by atoms with E-state index in [0.717, 1.165) is 66.8 Å². The normalized spacial score (nSPS) is 12.4. The van der Waals surface area contributed by atoms with E-state index < -0.39 is 11.9 Å². The van der Waals surface area contributed by atoms with Gasteiger partial charge < -0.3 is 19.7 Å². The topological polar surface area (TPSA) is 93.1 Å². The number of ether oxygens (including phenoxy) is 2. The zero-order valence-electron chi connectivity index (χ0n) is 38.9. The Morgan fingerprint density at radius 2 is 0.717 bits per heavy atom. The van der Waals surface area contributed by atoms with Gasteiger partial charge in [0.2, 0.25) is 0 Å². The van der Waals surface area contributed by atoms with Gasteiger partial charge in [-0.1, -0.05) is 160 Å². The van der Waals surface area contributed by atoms with Gasteiger partial charge >= 0.3 is 11.9 Å². The van der Waals surface area contributed by atoms with Crippen LogP contribution in [0.2, 0.25) is 0 Å². The number of benzene rings is 5. The molecule has 0 radical (unpaired) electrons. The van der Waals surface area contributed by atoms with E-state index in [1.54, 1.807) is 18.2 Å². The second kappa shape index (κ2) is 16.6. The number of phenols is 2. The van der Waals surface area contributed by atoms with Crippen molar-refractivity contribution in [1.29, 1.82) is 0 Å². The molecule has 0 bridgehead atoms. The highest BCUT2D eigenvalue weighted by molar-refractivity contribution is 5.97. The van der Waals surface area contributed by atoms with Crippen molar-refractivity contribution in [2.24, 2.45) is 0 Å². The Balaban J connectivity index is 1.53. The van der Waals surface area contributed by atoms with Crippen LogP contribution in [0.15, 0.2) is 72.8 Å². The second-order valence-corrected chi connectivity index (χ2v) is 21.0. The van der Waals surface area contributed by atoms with Gasteiger partial charge in [-0.3, -0.25) is 0 Å². The van der Waals surface area contributed by atoms with Crippen LogP contribution < -0.4 is 9.47 Å². The Kier molecular flexibility index (Phi) is 12.6. The third-order valence-corrected chi connectivity index (χ3v) is 11.0. The average molecular weight is 811 g/mol. The molecule has 6 heteroatoms. The fourth-order valence-corrected chi connectivity index (χ4v) is 7.92. The van der Waals surface area contributed by atoms with Gasteiger partial charge in [0.05, 0.1) is 11.1 Å².